The lowest BCUT2D eigenvalue weighted by atomic mass is 10.1. The molecule has 1 rings (SSSR count). The molecule has 0 bridgehead atoms. The molecule has 4 nitrogen and oxygen atoms in total. The number of aryl methyl sites for hydroxylation is 1. The van der Waals surface area contributed by atoms with Crippen LogP contribution in [0.2, 0.25) is 0 Å². The highest BCUT2D eigenvalue weighted by atomic mass is 32.2. The molecule has 0 saturated heterocycles. The predicted molar refractivity (Wildman–Crippen MR) is 67.8 cm³/mol. The maximum Gasteiger partial charge on any atom is 0.321 e. The fourth-order valence-corrected chi connectivity index (χ4v) is 2.79. The topological polar surface area (TPSA) is 76.2 Å². The van der Waals surface area contributed by atoms with Gasteiger partial charge >= 0.3 is 5.97 Å². The Morgan fingerprint density at radius 1 is 1.75 bits per heavy atom. The van der Waals surface area contributed by atoms with E-state index in [0.29, 0.717) is 5.75 Å². The summed E-state index contributed by atoms with van der Waals surface area (Å²) in [7, 11) is 0. The third-order valence-electron chi connectivity index (χ3n) is 2.27. The average molecular weight is 260 g/mol. The van der Waals surface area contributed by atoms with Crippen molar-refractivity contribution in [2.45, 2.75) is 37.3 Å². The van der Waals surface area contributed by atoms with Gasteiger partial charge in [-0.05, 0) is 20.8 Å². The minimum absolute atomic E-state index is 0.497. The molecule has 0 radical (unpaired) electrons. The molecule has 6 heteroatoms. The van der Waals surface area contributed by atoms with Crippen LogP contribution in [0.1, 0.15) is 24.5 Å². The average Bonchev–Trinajstić information content (AvgIpc) is 2.60. The Labute approximate surface area is 103 Å². The van der Waals surface area contributed by atoms with Gasteiger partial charge in [0.25, 0.3) is 0 Å². The summed E-state index contributed by atoms with van der Waals surface area (Å²) in [5, 5.41) is 11.9. The molecule has 1 aromatic heterocycles. The number of rotatable bonds is 5. The number of aromatic nitrogens is 1. The van der Waals surface area contributed by atoms with Crippen molar-refractivity contribution in [3.05, 3.63) is 16.1 Å². The summed E-state index contributed by atoms with van der Waals surface area (Å²) in [4.78, 5) is 15.1. The number of carboxylic acids is 1. The molecule has 0 fully saturated rings. The maximum absolute atomic E-state index is 10.8. The summed E-state index contributed by atoms with van der Waals surface area (Å²) in [5.41, 5.74) is 6.61. The van der Waals surface area contributed by atoms with Crippen LogP contribution in [-0.2, 0) is 10.5 Å². The highest BCUT2D eigenvalue weighted by Crippen LogP contribution is 2.30. The van der Waals surface area contributed by atoms with E-state index in [2.05, 4.69) is 4.98 Å². The summed E-state index contributed by atoms with van der Waals surface area (Å²) in [6.07, 6.45) is 0. The zero-order valence-electron chi connectivity index (χ0n) is 9.56. The van der Waals surface area contributed by atoms with Gasteiger partial charge in [-0.2, -0.15) is 0 Å². The second-order valence-corrected chi connectivity index (χ2v) is 6.76. The van der Waals surface area contributed by atoms with Crippen molar-refractivity contribution in [3.63, 3.8) is 0 Å². The third-order valence-corrected chi connectivity index (χ3v) is 4.53. The summed E-state index contributed by atoms with van der Waals surface area (Å²) in [6, 6.07) is -0.864. The molecule has 0 amide bonds. The molecule has 0 unspecified atom stereocenters. The van der Waals surface area contributed by atoms with Crippen LogP contribution in [-0.4, -0.2) is 26.8 Å². The van der Waals surface area contributed by atoms with E-state index in [4.69, 9.17) is 10.8 Å². The lowest BCUT2D eigenvalue weighted by Gasteiger charge is -2.27. The highest BCUT2D eigenvalue weighted by molar-refractivity contribution is 7.99. The van der Waals surface area contributed by atoms with Crippen LogP contribution in [0.3, 0.4) is 0 Å². The molecular weight excluding hydrogens is 244 g/mol. The minimum Gasteiger partial charge on any atom is -0.480 e. The zero-order chi connectivity index (χ0) is 12.3. The van der Waals surface area contributed by atoms with Gasteiger partial charge in [0.1, 0.15) is 6.04 Å². The predicted octanol–water partition coefficient (Wildman–Crippen LogP) is 1.88. The Hall–Kier alpha value is -0.590. The Balaban J connectivity index is 2.57. The van der Waals surface area contributed by atoms with Crippen LogP contribution in [0, 0.1) is 6.92 Å². The first-order valence-corrected chi connectivity index (χ1v) is 6.73. The highest BCUT2D eigenvalue weighted by Gasteiger charge is 2.32. The molecule has 3 N–H and O–H groups in total. The Bertz CT molecular complexity index is 377. The van der Waals surface area contributed by atoms with Crippen molar-refractivity contribution in [1.29, 1.82) is 0 Å². The van der Waals surface area contributed by atoms with Crippen LogP contribution < -0.4 is 5.73 Å². The monoisotopic (exact) mass is 260 g/mol. The van der Waals surface area contributed by atoms with Crippen molar-refractivity contribution < 1.29 is 9.90 Å². The molecule has 1 aromatic rings. The van der Waals surface area contributed by atoms with E-state index in [1.807, 2.05) is 26.2 Å². The first kappa shape index (κ1) is 13.5. The summed E-state index contributed by atoms with van der Waals surface area (Å²) in [6.45, 7) is 5.64. The Morgan fingerprint density at radius 3 is 2.81 bits per heavy atom. The van der Waals surface area contributed by atoms with Gasteiger partial charge in [-0.25, -0.2) is 4.98 Å². The van der Waals surface area contributed by atoms with Crippen molar-refractivity contribution in [2.75, 3.05) is 0 Å². The van der Waals surface area contributed by atoms with E-state index in [-0.39, 0.29) is 0 Å². The number of nitrogens with zero attached hydrogens (tertiary/aromatic N) is 1. The van der Waals surface area contributed by atoms with Gasteiger partial charge in [-0.15, -0.1) is 23.1 Å². The molecule has 90 valence electrons. The van der Waals surface area contributed by atoms with Gasteiger partial charge < -0.3 is 10.8 Å². The Kier molecular flexibility index (Phi) is 4.35. The van der Waals surface area contributed by atoms with Gasteiger partial charge in [0.05, 0.1) is 10.7 Å². The van der Waals surface area contributed by atoms with E-state index < -0.39 is 16.8 Å². The third kappa shape index (κ3) is 3.47. The zero-order valence-corrected chi connectivity index (χ0v) is 11.2. The summed E-state index contributed by atoms with van der Waals surface area (Å²) >= 11 is 3.12. The molecule has 0 aliphatic carbocycles. The van der Waals surface area contributed by atoms with E-state index in [1.54, 1.807) is 11.3 Å². The SMILES string of the molecule is Cc1nc(CSC(C)(C)[C@@H](N)C(=O)O)cs1. The molecule has 1 atom stereocenters. The lowest BCUT2D eigenvalue weighted by Crippen LogP contribution is -2.46. The van der Waals surface area contributed by atoms with Crippen molar-refractivity contribution in [2.24, 2.45) is 5.73 Å². The molecule has 0 aliphatic heterocycles. The fraction of sp³-hybridized carbons (Fsp3) is 0.600. The molecule has 1 heterocycles. The molecular formula is C10H16N2O2S2. The van der Waals surface area contributed by atoms with Crippen molar-refractivity contribution in [1.82, 2.24) is 4.98 Å². The van der Waals surface area contributed by atoms with E-state index >= 15 is 0 Å². The number of hydrogen-bond acceptors (Lipinski definition) is 5. The number of thioether (sulfide) groups is 1. The Morgan fingerprint density at radius 2 is 2.38 bits per heavy atom. The number of carboxylic acid groups (broad SMARTS) is 1. The van der Waals surface area contributed by atoms with Crippen molar-refractivity contribution in [3.8, 4) is 0 Å². The van der Waals surface area contributed by atoms with Gasteiger partial charge in [-0.1, -0.05) is 0 Å². The largest absolute Gasteiger partial charge is 0.480 e. The first-order valence-electron chi connectivity index (χ1n) is 4.86. The van der Waals surface area contributed by atoms with E-state index in [9.17, 15) is 4.79 Å². The van der Waals surface area contributed by atoms with Gasteiger partial charge in [0.15, 0.2) is 0 Å². The van der Waals surface area contributed by atoms with Crippen LogP contribution in [0.15, 0.2) is 5.38 Å². The lowest BCUT2D eigenvalue weighted by molar-refractivity contribution is -0.139. The molecule has 0 saturated carbocycles. The van der Waals surface area contributed by atoms with Crippen molar-refractivity contribution >= 4 is 29.1 Å². The summed E-state index contributed by atoms with van der Waals surface area (Å²) in [5.74, 6) is -0.273. The minimum atomic E-state index is -0.966. The smallest absolute Gasteiger partial charge is 0.321 e. The number of hydrogen-bond donors (Lipinski definition) is 2. The fourth-order valence-electron chi connectivity index (χ4n) is 1.12. The van der Waals surface area contributed by atoms with Crippen LogP contribution in [0.4, 0.5) is 0 Å². The maximum atomic E-state index is 10.8. The second kappa shape index (κ2) is 5.16. The van der Waals surface area contributed by atoms with Crippen LogP contribution in [0.25, 0.3) is 0 Å². The number of carbonyl (C=O) groups is 1. The molecule has 0 spiro atoms. The van der Waals surface area contributed by atoms with Gasteiger partial charge in [0.2, 0.25) is 0 Å². The molecule has 16 heavy (non-hydrogen) atoms. The number of nitrogens with two attached hydrogens (primary N) is 1. The van der Waals surface area contributed by atoms with Gasteiger partial charge in [0, 0.05) is 15.9 Å². The molecule has 0 aromatic carbocycles. The number of thiazole rings is 1. The van der Waals surface area contributed by atoms with Crippen LogP contribution in [0.5, 0.6) is 0 Å². The standard InChI is InChI=1S/C10H16N2O2S2/c1-6-12-7(4-15-6)5-16-10(2,3)8(11)9(13)14/h4,8H,5,11H2,1-3H3,(H,13,14)/t8-/m0/s1. The van der Waals surface area contributed by atoms with Gasteiger partial charge in [-0.3, -0.25) is 4.79 Å². The quantitative estimate of drug-likeness (QED) is 0.845. The number of aliphatic carboxylic acids is 1. The van der Waals surface area contributed by atoms with E-state index in [0.717, 1.165) is 10.7 Å². The summed E-state index contributed by atoms with van der Waals surface area (Å²) < 4.78 is -0.497. The molecule has 0 aliphatic rings. The van der Waals surface area contributed by atoms with E-state index in [1.165, 1.54) is 11.8 Å². The normalized spacial score (nSPS) is 13.8. The van der Waals surface area contributed by atoms with Crippen LogP contribution >= 0.6 is 23.1 Å². The first-order chi connectivity index (χ1) is 7.33. The second-order valence-electron chi connectivity index (χ2n) is 4.07.